The van der Waals surface area contributed by atoms with Crippen LogP contribution in [0.25, 0.3) is 11.0 Å². The lowest BCUT2D eigenvalue weighted by atomic mass is 10.2. The van der Waals surface area contributed by atoms with Crippen molar-refractivity contribution in [2.75, 3.05) is 0 Å². The average Bonchev–Trinajstić information content (AvgIpc) is 2.39. The Morgan fingerprint density at radius 2 is 2.08 bits per heavy atom. The fraction of sp³-hybridized carbons (Fsp3) is 0.143. The van der Waals surface area contributed by atoms with Crippen LogP contribution >= 0.6 is 0 Å². The minimum absolute atomic E-state index is 0.0628. The maximum Gasteiger partial charge on any atom is 0.158 e. The Bertz CT molecular complexity index is 435. The minimum atomic E-state index is 0.0628. The number of aromatic hydroxyl groups is 1. The lowest BCUT2D eigenvalue weighted by molar-refractivity contribution is 0.113. The number of fused-ring (bicyclic) bond motifs is 1. The first-order chi connectivity index (χ1) is 5.68. The van der Waals surface area contributed by atoms with Gasteiger partial charge < -0.3 is 10.3 Å². The molecule has 1 heterocycles. The number of phenols is 1. The molecule has 5 heteroatoms. The van der Waals surface area contributed by atoms with E-state index in [1.165, 1.54) is 0 Å². The monoisotopic (exact) mass is 165 g/mol. The highest BCUT2D eigenvalue weighted by Gasteiger charge is 2.07. The normalized spacial score (nSPS) is 10.8. The van der Waals surface area contributed by atoms with Crippen molar-refractivity contribution in [2.45, 2.75) is 6.92 Å². The van der Waals surface area contributed by atoms with E-state index < -0.39 is 0 Å². The average molecular weight is 165 g/mol. The van der Waals surface area contributed by atoms with Crippen molar-refractivity contribution >= 4 is 11.0 Å². The molecule has 1 aromatic heterocycles. The van der Waals surface area contributed by atoms with Crippen LogP contribution in [0.5, 0.6) is 5.75 Å². The Balaban J connectivity index is 2.89. The molecule has 2 rings (SSSR count). The number of hydrogen-bond donors (Lipinski definition) is 2. The van der Waals surface area contributed by atoms with E-state index in [0.717, 1.165) is 0 Å². The zero-order chi connectivity index (χ0) is 8.72. The summed E-state index contributed by atoms with van der Waals surface area (Å²) >= 11 is 0. The largest absolute Gasteiger partial charge is 0.505 e. The van der Waals surface area contributed by atoms with E-state index in [4.69, 9.17) is 5.21 Å². The van der Waals surface area contributed by atoms with Crippen molar-refractivity contribution in [3.05, 3.63) is 17.7 Å². The summed E-state index contributed by atoms with van der Waals surface area (Å²) in [6, 6.07) is 3.40. The Hall–Kier alpha value is -1.78. The molecule has 0 unspecified atom stereocenters. The highest BCUT2D eigenvalue weighted by Crippen LogP contribution is 2.24. The highest BCUT2D eigenvalue weighted by molar-refractivity contribution is 5.81. The molecule has 0 radical (unpaired) electrons. The van der Waals surface area contributed by atoms with Gasteiger partial charge in [0.15, 0.2) is 5.52 Å². The van der Waals surface area contributed by atoms with E-state index in [-0.39, 0.29) is 5.75 Å². The molecule has 2 N–H and O–H groups in total. The maximum atomic E-state index is 9.44. The predicted molar refractivity (Wildman–Crippen MR) is 41.1 cm³/mol. The van der Waals surface area contributed by atoms with Crippen LogP contribution in [0.1, 0.15) is 5.56 Å². The van der Waals surface area contributed by atoms with Gasteiger partial charge in [0, 0.05) is 0 Å². The van der Waals surface area contributed by atoms with E-state index in [1.54, 1.807) is 19.1 Å². The van der Waals surface area contributed by atoms with Crippen LogP contribution in [0.4, 0.5) is 0 Å². The fourth-order valence-corrected chi connectivity index (χ4v) is 1.06. The van der Waals surface area contributed by atoms with Crippen LogP contribution in [0.15, 0.2) is 12.1 Å². The molecular weight excluding hydrogens is 158 g/mol. The van der Waals surface area contributed by atoms with Gasteiger partial charge in [-0.15, -0.1) is 10.2 Å². The second kappa shape index (κ2) is 2.10. The number of aryl methyl sites for hydroxylation is 1. The van der Waals surface area contributed by atoms with Gasteiger partial charge in [0.05, 0.1) is 0 Å². The Morgan fingerprint density at radius 1 is 1.33 bits per heavy atom. The molecule has 62 valence electrons. The first-order valence-electron chi connectivity index (χ1n) is 3.43. The summed E-state index contributed by atoms with van der Waals surface area (Å²) in [5, 5.41) is 25.5. The Morgan fingerprint density at radius 3 is 2.83 bits per heavy atom. The Kier molecular flexibility index (Phi) is 1.21. The van der Waals surface area contributed by atoms with E-state index in [1.807, 2.05) is 0 Å². The van der Waals surface area contributed by atoms with Crippen LogP contribution in [-0.2, 0) is 0 Å². The van der Waals surface area contributed by atoms with Crippen molar-refractivity contribution < 1.29 is 10.3 Å². The number of nitrogens with zero attached hydrogens (tertiary/aromatic N) is 3. The molecule has 0 spiro atoms. The smallest absolute Gasteiger partial charge is 0.158 e. The van der Waals surface area contributed by atoms with Crippen molar-refractivity contribution in [2.24, 2.45) is 0 Å². The summed E-state index contributed by atoms with van der Waals surface area (Å²) in [7, 11) is 0. The number of rotatable bonds is 0. The molecule has 2 aromatic rings. The third-order valence-electron chi connectivity index (χ3n) is 1.72. The van der Waals surface area contributed by atoms with Gasteiger partial charge >= 0.3 is 0 Å². The summed E-state index contributed by atoms with van der Waals surface area (Å²) in [4.78, 5) is 0.448. The summed E-state index contributed by atoms with van der Waals surface area (Å²) < 4.78 is 0. The van der Waals surface area contributed by atoms with E-state index in [9.17, 15) is 5.11 Å². The molecule has 0 fully saturated rings. The van der Waals surface area contributed by atoms with Crippen molar-refractivity contribution in [1.29, 1.82) is 0 Å². The van der Waals surface area contributed by atoms with Gasteiger partial charge in [-0.3, -0.25) is 0 Å². The molecule has 0 aliphatic rings. The first-order valence-corrected chi connectivity index (χ1v) is 3.43. The minimum Gasteiger partial charge on any atom is -0.505 e. The third-order valence-corrected chi connectivity index (χ3v) is 1.72. The molecule has 0 bridgehead atoms. The van der Waals surface area contributed by atoms with Gasteiger partial charge in [-0.25, -0.2) is 0 Å². The maximum absolute atomic E-state index is 9.44. The number of benzene rings is 1. The summed E-state index contributed by atoms with van der Waals surface area (Å²) in [5.41, 5.74) is 1.50. The second-order valence-corrected chi connectivity index (χ2v) is 2.57. The van der Waals surface area contributed by atoms with Gasteiger partial charge in [0.2, 0.25) is 0 Å². The number of aromatic nitrogens is 3. The molecule has 0 saturated carbocycles. The summed E-state index contributed by atoms with van der Waals surface area (Å²) in [5.74, 6) is 0.0628. The fourth-order valence-electron chi connectivity index (χ4n) is 1.06. The van der Waals surface area contributed by atoms with Gasteiger partial charge in [0.25, 0.3) is 0 Å². The van der Waals surface area contributed by atoms with Crippen LogP contribution in [0.2, 0.25) is 0 Å². The van der Waals surface area contributed by atoms with Gasteiger partial charge in [-0.05, 0) is 23.5 Å². The van der Waals surface area contributed by atoms with E-state index >= 15 is 0 Å². The summed E-state index contributed by atoms with van der Waals surface area (Å²) in [6.45, 7) is 1.76. The molecule has 12 heavy (non-hydrogen) atoms. The molecule has 0 aliphatic carbocycles. The number of hydrogen-bond acceptors (Lipinski definition) is 4. The van der Waals surface area contributed by atoms with E-state index in [0.29, 0.717) is 21.6 Å². The lowest BCUT2D eigenvalue weighted by Crippen LogP contribution is -1.92. The van der Waals surface area contributed by atoms with Crippen LogP contribution in [-0.4, -0.2) is 25.5 Å². The van der Waals surface area contributed by atoms with Gasteiger partial charge in [-0.2, -0.15) is 0 Å². The standard InChI is InChI=1S/C7H7N3O2/c1-4-2-3-5-6(7(4)11)9-10(12)8-5/h2-3,11-12H,1H3. The molecule has 5 nitrogen and oxygen atoms in total. The SMILES string of the molecule is Cc1ccc2nn(O)nc2c1O. The highest BCUT2D eigenvalue weighted by atomic mass is 16.5. The predicted octanol–water partition coefficient (Wildman–Crippen LogP) is 0.683. The Labute approximate surface area is 67.8 Å². The second-order valence-electron chi connectivity index (χ2n) is 2.57. The van der Waals surface area contributed by atoms with Crippen molar-refractivity contribution in [3.63, 3.8) is 0 Å². The molecule has 0 amide bonds. The third kappa shape index (κ3) is 0.795. The first kappa shape index (κ1) is 6.90. The number of phenolic OH excluding ortho intramolecular Hbond substituents is 1. The quantitative estimate of drug-likeness (QED) is 0.563. The van der Waals surface area contributed by atoms with Crippen molar-refractivity contribution in [3.8, 4) is 5.75 Å². The van der Waals surface area contributed by atoms with E-state index in [2.05, 4.69) is 10.2 Å². The van der Waals surface area contributed by atoms with Crippen LogP contribution in [0.3, 0.4) is 0 Å². The van der Waals surface area contributed by atoms with Gasteiger partial charge in [-0.1, -0.05) is 6.07 Å². The van der Waals surface area contributed by atoms with Crippen LogP contribution < -0.4 is 0 Å². The molecule has 0 aliphatic heterocycles. The molecule has 0 atom stereocenters. The summed E-state index contributed by atoms with van der Waals surface area (Å²) in [6.07, 6.45) is 0. The lowest BCUT2D eigenvalue weighted by Gasteiger charge is -1.94. The zero-order valence-electron chi connectivity index (χ0n) is 6.39. The molecule has 0 saturated heterocycles. The topological polar surface area (TPSA) is 71.2 Å². The van der Waals surface area contributed by atoms with Crippen LogP contribution in [0, 0.1) is 6.92 Å². The van der Waals surface area contributed by atoms with Crippen molar-refractivity contribution in [1.82, 2.24) is 15.2 Å². The van der Waals surface area contributed by atoms with Gasteiger partial charge in [0.1, 0.15) is 11.3 Å². The molecule has 1 aromatic carbocycles. The zero-order valence-corrected chi connectivity index (χ0v) is 6.39. The molecular formula is C7H7N3O2.